The first-order valence-electron chi connectivity index (χ1n) is 4.93. The first-order valence-corrected chi connectivity index (χ1v) is 5.72. The van der Waals surface area contributed by atoms with Crippen molar-refractivity contribution in [1.29, 1.82) is 0 Å². The van der Waals surface area contributed by atoms with Crippen LogP contribution in [0.25, 0.3) is 11.3 Å². The number of rotatable bonds is 2. The summed E-state index contributed by atoms with van der Waals surface area (Å²) in [5.41, 5.74) is 3.29. The third kappa shape index (κ3) is 2.12. The van der Waals surface area contributed by atoms with Crippen molar-refractivity contribution in [3.05, 3.63) is 40.4 Å². The van der Waals surface area contributed by atoms with Crippen molar-refractivity contribution < 1.29 is 4.42 Å². The van der Waals surface area contributed by atoms with Gasteiger partial charge in [0.2, 0.25) is 0 Å². The lowest BCUT2D eigenvalue weighted by Crippen LogP contribution is -1.84. The minimum atomic E-state index is 0.551. The second-order valence-electron chi connectivity index (χ2n) is 3.46. The van der Waals surface area contributed by atoms with E-state index in [1.54, 1.807) is 0 Å². The number of hydrogen-bond donors (Lipinski definition) is 0. The standard InChI is InChI=1S/C12H12BrNO/c1-3-10-11(14-12(13)15-10)9-6-4-8(2)5-7-9/h4-7H,3H2,1-2H3. The summed E-state index contributed by atoms with van der Waals surface area (Å²) in [5.74, 6) is 0.922. The maximum Gasteiger partial charge on any atom is 0.264 e. The van der Waals surface area contributed by atoms with Gasteiger partial charge in [-0.1, -0.05) is 36.8 Å². The van der Waals surface area contributed by atoms with Gasteiger partial charge in [0.15, 0.2) is 0 Å². The fourth-order valence-electron chi connectivity index (χ4n) is 1.50. The van der Waals surface area contributed by atoms with Crippen LogP contribution >= 0.6 is 15.9 Å². The molecule has 0 unspecified atom stereocenters. The van der Waals surface area contributed by atoms with Crippen molar-refractivity contribution in [2.75, 3.05) is 0 Å². The Labute approximate surface area is 97.5 Å². The molecule has 2 nitrogen and oxygen atoms in total. The summed E-state index contributed by atoms with van der Waals surface area (Å²) in [7, 11) is 0. The van der Waals surface area contributed by atoms with Crippen LogP contribution in [-0.2, 0) is 6.42 Å². The predicted molar refractivity (Wildman–Crippen MR) is 63.8 cm³/mol. The van der Waals surface area contributed by atoms with E-state index >= 15 is 0 Å². The van der Waals surface area contributed by atoms with Gasteiger partial charge in [0.25, 0.3) is 4.80 Å². The van der Waals surface area contributed by atoms with E-state index in [2.05, 4.69) is 59.0 Å². The van der Waals surface area contributed by atoms with Crippen LogP contribution in [-0.4, -0.2) is 4.98 Å². The van der Waals surface area contributed by atoms with Gasteiger partial charge in [0.05, 0.1) is 0 Å². The molecule has 1 heterocycles. The largest absolute Gasteiger partial charge is 0.436 e. The molecule has 1 aromatic heterocycles. The van der Waals surface area contributed by atoms with Gasteiger partial charge in [-0.2, -0.15) is 0 Å². The number of hydrogen-bond acceptors (Lipinski definition) is 2. The molecule has 0 aliphatic heterocycles. The SMILES string of the molecule is CCc1oc(Br)nc1-c1ccc(C)cc1. The molecule has 0 saturated carbocycles. The molecule has 0 spiro atoms. The van der Waals surface area contributed by atoms with Crippen molar-refractivity contribution >= 4 is 15.9 Å². The number of benzene rings is 1. The minimum absolute atomic E-state index is 0.551. The van der Waals surface area contributed by atoms with Crippen molar-refractivity contribution in [2.45, 2.75) is 20.3 Å². The fraction of sp³-hybridized carbons (Fsp3) is 0.250. The summed E-state index contributed by atoms with van der Waals surface area (Å²) in [6, 6.07) is 8.30. The Morgan fingerprint density at radius 3 is 2.53 bits per heavy atom. The fourth-order valence-corrected chi connectivity index (χ4v) is 1.87. The average molecular weight is 266 g/mol. The summed E-state index contributed by atoms with van der Waals surface area (Å²) in [4.78, 5) is 4.88. The van der Waals surface area contributed by atoms with Crippen molar-refractivity contribution in [1.82, 2.24) is 4.98 Å². The third-order valence-electron chi connectivity index (χ3n) is 2.32. The number of aromatic nitrogens is 1. The summed E-state index contributed by atoms with van der Waals surface area (Å²) in [6.45, 7) is 4.13. The van der Waals surface area contributed by atoms with Gasteiger partial charge in [-0.3, -0.25) is 0 Å². The molecule has 0 amide bonds. The molecular formula is C12H12BrNO. The summed E-state index contributed by atoms with van der Waals surface area (Å²) >= 11 is 3.26. The Balaban J connectivity index is 2.48. The van der Waals surface area contributed by atoms with E-state index in [0.29, 0.717) is 4.80 Å². The number of nitrogens with zero attached hydrogens (tertiary/aromatic N) is 1. The third-order valence-corrected chi connectivity index (χ3v) is 2.66. The van der Waals surface area contributed by atoms with Gasteiger partial charge < -0.3 is 4.42 Å². The maximum atomic E-state index is 5.45. The average Bonchev–Trinajstić information content (AvgIpc) is 2.61. The highest BCUT2D eigenvalue weighted by Crippen LogP contribution is 2.26. The van der Waals surface area contributed by atoms with E-state index in [-0.39, 0.29) is 0 Å². The molecular weight excluding hydrogens is 254 g/mol. The van der Waals surface area contributed by atoms with Crippen LogP contribution in [0.2, 0.25) is 0 Å². The van der Waals surface area contributed by atoms with Gasteiger partial charge in [0.1, 0.15) is 11.5 Å². The van der Waals surface area contributed by atoms with E-state index in [9.17, 15) is 0 Å². The molecule has 0 aliphatic rings. The summed E-state index contributed by atoms with van der Waals surface area (Å²) in [6.07, 6.45) is 0.849. The highest BCUT2D eigenvalue weighted by Gasteiger charge is 2.11. The Hall–Kier alpha value is -1.09. The van der Waals surface area contributed by atoms with Crippen molar-refractivity contribution in [3.63, 3.8) is 0 Å². The lowest BCUT2D eigenvalue weighted by Gasteiger charge is -1.99. The van der Waals surface area contributed by atoms with E-state index in [0.717, 1.165) is 23.4 Å². The van der Waals surface area contributed by atoms with Gasteiger partial charge >= 0.3 is 0 Å². The Bertz CT molecular complexity index is 459. The van der Waals surface area contributed by atoms with Crippen LogP contribution < -0.4 is 0 Å². The van der Waals surface area contributed by atoms with Crippen molar-refractivity contribution in [3.8, 4) is 11.3 Å². The molecule has 15 heavy (non-hydrogen) atoms. The van der Waals surface area contributed by atoms with Gasteiger partial charge in [-0.25, -0.2) is 4.98 Å². The van der Waals surface area contributed by atoms with Crippen molar-refractivity contribution in [2.24, 2.45) is 0 Å². The normalized spacial score (nSPS) is 10.6. The molecule has 0 radical (unpaired) electrons. The Morgan fingerprint density at radius 2 is 1.93 bits per heavy atom. The monoisotopic (exact) mass is 265 g/mol. The molecule has 2 aromatic rings. The second kappa shape index (κ2) is 4.19. The zero-order valence-corrected chi connectivity index (χ0v) is 10.3. The molecule has 0 N–H and O–H groups in total. The molecule has 0 aliphatic carbocycles. The van der Waals surface area contributed by atoms with Crippen LogP contribution in [0, 0.1) is 6.92 Å². The molecule has 2 rings (SSSR count). The zero-order chi connectivity index (χ0) is 10.8. The summed E-state index contributed by atoms with van der Waals surface area (Å²) in [5, 5.41) is 0. The van der Waals surface area contributed by atoms with Gasteiger partial charge in [-0.15, -0.1) is 0 Å². The highest BCUT2D eigenvalue weighted by atomic mass is 79.9. The molecule has 78 valence electrons. The second-order valence-corrected chi connectivity index (χ2v) is 4.14. The molecule has 1 aromatic carbocycles. The number of oxazole rings is 1. The molecule has 3 heteroatoms. The number of aryl methyl sites for hydroxylation is 2. The lowest BCUT2D eigenvalue weighted by molar-refractivity contribution is 0.486. The zero-order valence-electron chi connectivity index (χ0n) is 8.75. The number of halogens is 1. The van der Waals surface area contributed by atoms with Crippen LogP contribution in [0.3, 0.4) is 0 Å². The Kier molecular flexibility index (Phi) is 2.91. The van der Waals surface area contributed by atoms with Gasteiger partial charge in [-0.05, 0) is 6.92 Å². The Morgan fingerprint density at radius 1 is 1.27 bits per heavy atom. The minimum Gasteiger partial charge on any atom is -0.436 e. The van der Waals surface area contributed by atoms with Crippen LogP contribution in [0.15, 0.2) is 33.5 Å². The maximum absolute atomic E-state index is 5.45. The lowest BCUT2D eigenvalue weighted by atomic mass is 10.1. The topological polar surface area (TPSA) is 26.0 Å². The molecule has 0 atom stereocenters. The highest BCUT2D eigenvalue weighted by molar-refractivity contribution is 9.10. The van der Waals surface area contributed by atoms with E-state index in [1.807, 2.05) is 0 Å². The predicted octanol–water partition coefficient (Wildman–Crippen LogP) is 3.97. The molecule has 0 bridgehead atoms. The van der Waals surface area contributed by atoms with E-state index in [1.165, 1.54) is 5.56 Å². The van der Waals surface area contributed by atoms with E-state index < -0.39 is 0 Å². The van der Waals surface area contributed by atoms with Crippen LogP contribution in [0.1, 0.15) is 18.2 Å². The molecule has 0 fully saturated rings. The first-order chi connectivity index (χ1) is 7.20. The van der Waals surface area contributed by atoms with Crippen LogP contribution in [0.5, 0.6) is 0 Å². The smallest absolute Gasteiger partial charge is 0.264 e. The first kappa shape index (κ1) is 10.4. The quantitative estimate of drug-likeness (QED) is 0.821. The van der Waals surface area contributed by atoms with Crippen LogP contribution in [0.4, 0.5) is 0 Å². The summed E-state index contributed by atoms with van der Waals surface area (Å²) < 4.78 is 5.45. The van der Waals surface area contributed by atoms with E-state index in [4.69, 9.17) is 4.42 Å². The van der Waals surface area contributed by atoms with Gasteiger partial charge in [0, 0.05) is 27.9 Å². The molecule has 0 saturated heterocycles.